The van der Waals surface area contributed by atoms with Gasteiger partial charge in [-0.3, -0.25) is 9.78 Å². The molecule has 3 fully saturated rings. The van der Waals surface area contributed by atoms with Gasteiger partial charge in [-0.05, 0) is 63.7 Å². The molecule has 5 heteroatoms. The molecular weight excluding hydrogens is 302 g/mol. The molecule has 2 aliphatic heterocycles. The smallest absolute Gasteiger partial charge is 0.225 e. The summed E-state index contributed by atoms with van der Waals surface area (Å²) in [6.07, 6.45) is 6.26. The van der Waals surface area contributed by atoms with E-state index in [2.05, 4.69) is 15.2 Å². The summed E-state index contributed by atoms with van der Waals surface area (Å²) < 4.78 is 6.28. The van der Waals surface area contributed by atoms with E-state index in [1.165, 1.54) is 6.42 Å². The molecule has 4 rings (SSSR count). The van der Waals surface area contributed by atoms with Crippen LogP contribution in [-0.2, 0) is 4.79 Å². The Hall–Kier alpha value is -1.62. The van der Waals surface area contributed by atoms with E-state index in [1.54, 1.807) is 6.20 Å². The number of nitrogens with zero attached hydrogens (tertiary/aromatic N) is 2. The second-order valence-electron chi connectivity index (χ2n) is 7.51. The summed E-state index contributed by atoms with van der Waals surface area (Å²) in [5.74, 6) is 2.59. The Labute approximate surface area is 143 Å². The fourth-order valence-electron chi connectivity index (χ4n) is 4.63. The lowest BCUT2D eigenvalue weighted by molar-refractivity contribution is -0.135. The minimum absolute atomic E-state index is 0.226. The van der Waals surface area contributed by atoms with Crippen LogP contribution in [0.2, 0.25) is 0 Å². The van der Waals surface area contributed by atoms with Gasteiger partial charge in [-0.15, -0.1) is 0 Å². The second kappa shape index (κ2) is 6.71. The van der Waals surface area contributed by atoms with Gasteiger partial charge in [-0.2, -0.15) is 0 Å². The van der Waals surface area contributed by atoms with E-state index in [4.69, 9.17) is 4.74 Å². The number of hydrogen-bond acceptors (Lipinski definition) is 4. The third kappa shape index (κ3) is 3.02. The number of rotatable bonds is 3. The average Bonchev–Trinajstić information content (AvgIpc) is 3.19. The lowest BCUT2D eigenvalue weighted by atomic mass is 9.96. The summed E-state index contributed by atoms with van der Waals surface area (Å²) in [6, 6.07) is 3.93. The number of pyridine rings is 1. The number of fused-ring (bicyclic) bond motifs is 1. The number of carbonyl (C=O) groups excluding carboxylic acids is 1. The maximum absolute atomic E-state index is 12.8. The van der Waals surface area contributed by atoms with Crippen LogP contribution in [0.3, 0.4) is 0 Å². The highest BCUT2D eigenvalue weighted by Gasteiger charge is 2.46. The molecule has 3 atom stereocenters. The number of aromatic nitrogens is 1. The van der Waals surface area contributed by atoms with E-state index in [-0.39, 0.29) is 12.0 Å². The highest BCUT2D eigenvalue weighted by Crippen LogP contribution is 2.41. The molecule has 1 saturated carbocycles. The summed E-state index contributed by atoms with van der Waals surface area (Å²) >= 11 is 0. The van der Waals surface area contributed by atoms with Crippen LogP contribution in [0.25, 0.3) is 0 Å². The molecule has 3 aliphatic rings. The molecular formula is C19H27N3O2. The zero-order chi connectivity index (χ0) is 16.5. The summed E-state index contributed by atoms with van der Waals surface area (Å²) in [4.78, 5) is 19.2. The molecule has 3 heterocycles. The topological polar surface area (TPSA) is 54.5 Å². The standard InChI is InChI=1S/C19H27N3O2/c1-13-17(3-2-8-21-13)24-18-5-4-15-11-22(12-16(15)18)19(23)14-6-9-20-10-7-14/h2-3,8,14-16,18,20H,4-7,9-12H2,1H3/t15-,16+,18-/m1/s1. The van der Waals surface area contributed by atoms with Crippen LogP contribution >= 0.6 is 0 Å². The molecule has 0 bridgehead atoms. The molecule has 1 aromatic heterocycles. The van der Waals surface area contributed by atoms with Crippen LogP contribution in [-0.4, -0.2) is 48.1 Å². The number of ether oxygens (including phenoxy) is 1. The average molecular weight is 329 g/mol. The molecule has 0 aromatic carbocycles. The summed E-state index contributed by atoms with van der Waals surface area (Å²) in [6.45, 7) is 5.74. The van der Waals surface area contributed by atoms with Crippen molar-refractivity contribution in [3.8, 4) is 5.75 Å². The SMILES string of the molecule is Cc1ncccc1O[C@@H]1CC[C@@H]2CN(C(=O)C3CCNCC3)C[C@@H]21. The Balaban J connectivity index is 1.40. The molecule has 1 amide bonds. The molecule has 0 unspecified atom stereocenters. The Morgan fingerprint density at radius 3 is 2.88 bits per heavy atom. The summed E-state index contributed by atoms with van der Waals surface area (Å²) in [7, 11) is 0. The second-order valence-corrected chi connectivity index (χ2v) is 7.51. The van der Waals surface area contributed by atoms with Gasteiger partial charge in [0, 0.05) is 31.1 Å². The summed E-state index contributed by atoms with van der Waals surface area (Å²) in [5.41, 5.74) is 0.946. The first-order valence-corrected chi connectivity index (χ1v) is 9.30. The van der Waals surface area contributed by atoms with E-state index in [0.717, 1.165) is 56.9 Å². The van der Waals surface area contributed by atoms with Crippen LogP contribution in [0.5, 0.6) is 5.75 Å². The van der Waals surface area contributed by atoms with Crippen molar-refractivity contribution in [1.82, 2.24) is 15.2 Å². The first-order valence-electron chi connectivity index (χ1n) is 9.30. The van der Waals surface area contributed by atoms with Gasteiger partial charge in [0.25, 0.3) is 0 Å². The maximum atomic E-state index is 12.8. The maximum Gasteiger partial charge on any atom is 0.225 e. The molecule has 130 valence electrons. The van der Waals surface area contributed by atoms with Crippen LogP contribution in [0.1, 0.15) is 31.4 Å². The van der Waals surface area contributed by atoms with Gasteiger partial charge in [0.15, 0.2) is 0 Å². The monoisotopic (exact) mass is 329 g/mol. The van der Waals surface area contributed by atoms with Crippen molar-refractivity contribution in [2.24, 2.45) is 17.8 Å². The minimum Gasteiger partial charge on any atom is -0.488 e. The number of carbonyl (C=O) groups is 1. The highest BCUT2D eigenvalue weighted by atomic mass is 16.5. The van der Waals surface area contributed by atoms with Crippen molar-refractivity contribution in [3.05, 3.63) is 24.0 Å². The van der Waals surface area contributed by atoms with Gasteiger partial charge in [0.1, 0.15) is 11.9 Å². The Morgan fingerprint density at radius 2 is 2.08 bits per heavy atom. The Kier molecular flexibility index (Phi) is 4.44. The Bertz CT molecular complexity index is 600. The molecule has 0 radical (unpaired) electrons. The summed E-state index contributed by atoms with van der Waals surface area (Å²) in [5, 5.41) is 3.34. The first-order chi connectivity index (χ1) is 11.7. The Morgan fingerprint density at radius 1 is 1.25 bits per heavy atom. The van der Waals surface area contributed by atoms with Crippen LogP contribution in [0.15, 0.2) is 18.3 Å². The molecule has 2 saturated heterocycles. The molecule has 24 heavy (non-hydrogen) atoms. The van der Waals surface area contributed by atoms with E-state index in [1.807, 2.05) is 19.1 Å². The van der Waals surface area contributed by atoms with Crippen molar-refractivity contribution >= 4 is 5.91 Å². The van der Waals surface area contributed by atoms with Crippen molar-refractivity contribution in [3.63, 3.8) is 0 Å². The predicted octanol–water partition coefficient (Wildman–Crippen LogP) is 2.01. The van der Waals surface area contributed by atoms with Gasteiger partial charge in [0.05, 0.1) is 5.69 Å². The van der Waals surface area contributed by atoms with Crippen molar-refractivity contribution in [2.75, 3.05) is 26.2 Å². The minimum atomic E-state index is 0.226. The lowest BCUT2D eigenvalue weighted by Gasteiger charge is -2.28. The number of amides is 1. The van der Waals surface area contributed by atoms with Gasteiger partial charge < -0.3 is 15.0 Å². The number of hydrogen-bond donors (Lipinski definition) is 1. The molecule has 1 aliphatic carbocycles. The first kappa shape index (κ1) is 15.9. The van der Waals surface area contributed by atoms with Crippen LogP contribution in [0.4, 0.5) is 0 Å². The van der Waals surface area contributed by atoms with E-state index >= 15 is 0 Å². The fourth-order valence-corrected chi connectivity index (χ4v) is 4.63. The van der Waals surface area contributed by atoms with Crippen LogP contribution < -0.4 is 10.1 Å². The fraction of sp³-hybridized carbons (Fsp3) is 0.684. The van der Waals surface area contributed by atoms with Crippen molar-refractivity contribution < 1.29 is 9.53 Å². The number of nitrogens with one attached hydrogen (secondary N) is 1. The molecule has 5 nitrogen and oxygen atoms in total. The van der Waals surface area contributed by atoms with E-state index in [0.29, 0.717) is 17.7 Å². The predicted molar refractivity (Wildman–Crippen MR) is 91.8 cm³/mol. The van der Waals surface area contributed by atoms with Crippen molar-refractivity contribution in [2.45, 2.75) is 38.7 Å². The zero-order valence-electron chi connectivity index (χ0n) is 14.4. The number of likely N-dealkylation sites (tertiary alicyclic amines) is 1. The van der Waals surface area contributed by atoms with Crippen molar-refractivity contribution in [1.29, 1.82) is 0 Å². The molecule has 0 spiro atoms. The third-order valence-electron chi connectivity index (χ3n) is 6.03. The van der Waals surface area contributed by atoms with Gasteiger partial charge in [-0.25, -0.2) is 0 Å². The van der Waals surface area contributed by atoms with Gasteiger partial charge in [0.2, 0.25) is 5.91 Å². The quantitative estimate of drug-likeness (QED) is 0.922. The zero-order valence-corrected chi connectivity index (χ0v) is 14.4. The number of piperidine rings is 1. The normalized spacial score (nSPS) is 30.4. The van der Waals surface area contributed by atoms with Gasteiger partial charge in [-0.1, -0.05) is 0 Å². The van der Waals surface area contributed by atoms with E-state index < -0.39 is 0 Å². The van der Waals surface area contributed by atoms with Crippen LogP contribution in [0, 0.1) is 24.7 Å². The third-order valence-corrected chi connectivity index (χ3v) is 6.03. The van der Waals surface area contributed by atoms with E-state index in [9.17, 15) is 4.79 Å². The largest absolute Gasteiger partial charge is 0.488 e. The molecule has 1 N–H and O–H groups in total. The van der Waals surface area contributed by atoms with Gasteiger partial charge >= 0.3 is 0 Å². The lowest BCUT2D eigenvalue weighted by Crippen LogP contribution is -2.41. The molecule has 1 aromatic rings. The number of aryl methyl sites for hydroxylation is 1. The highest BCUT2D eigenvalue weighted by molar-refractivity contribution is 5.79.